The van der Waals surface area contributed by atoms with E-state index in [0.29, 0.717) is 22.5 Å². The third-order valence-corrected chi connectivity index (χ3v) is 7.31. The number of anilines is 1. The molecule has 1 amide bonds. The van der Waals surface area contributed by atoms with Crippen LogP contribution in [0.15, 0.2) is 53.3 Å². The predicted molar refractivity (Wildman–Crippen MR) is 132 cm³/mol. The van der Waals surface area contributed by atoms with Crippen molar-refractivity contribution >= 4 is 43.9 Å². The molecular formula is C25H25FN4O2S. The normalized spacial score (nSPS) is 14.8. The highest BCUT2D eigenvalue weighted by molar-refractivity contribution is 7.21. The van der Waals surface area contributed by atoms with Crippen LogP contribution >= 0.6 is 11.3 Å². The summed E-state index contributed by atoms with van der Waals surface area (Å²) in [6.45, 7) is 6.38. The van der Waals surface area contributed by atoms with Crippen LogP contribution in [0.2, 0.25) is 0 Å². The Labute approximate surface area is 194 Å². The highest BCUT2D eigenvalue weighted by atomic mass is 32.1. The van der Waals surface area contributed by atoms with Crippen LogP contribution in [0, 0.1) is 12.7 Å². The van der Waals surface area contributed by atoms with Crippen molar-refractivity contribution in [1.29, 1.82) is 0 Å². The monoisotopic (exact) mass is 464 g/mol. The number of aromatic nitrogens is 1. The molecular weight excluding hydrogens is 439 g/mol. The quantitative estimate of drug-likeness (QED) is 0.472. The number of para-hydroxylation sites is 1. The lowest BCUT2D eigenvalue weighted by molar-refractivity contribution is 0.0952. The summed E-state index contributed by atoms with van der Waals surface area (Å²) in [7, 11) is 0. The number of amides is 1. The highest BCUT2D eigenvalue weighted by Gasteiger charge is 2.20. The summed E-state index contributed by atoms with van der Waals surface area (Å²) in [5, 5.41) is 4.49. The predicted octanol–water partition coefficient (Wildman–Crippen LogP) is 3.74. The van der Waals surface area contributed by atoms with Crippen molar-refractivity contribution in [1.82, 2.24) is 15.2 Å². The molecule has 0 saturated carbocycles. The Kier molecular flexibility index (Phi) is 5.86. The Hall–Kier alpha value is -3.23. The van der Waals surface area contributed by atoms with Gasteiger partial charge >= 0.3 is 0 Å². The fourth-order valence-corrected chi connectivity index (χ4v) is 5.45. The fourth-order valence-electron chi connectivity index (χ4n) is 4.35. The number of fused-ring (bicyclic) bond motifs is 3. The third-order valence-electron chi connectivity index (χ3n) is 6.15. The molecule has 3 heterocycles. The number of aromatic amines is 1. The molecule has 4 aromatic rings. The smallest absolute Gasteiger partial charge is 0.261 e. The number of thiophene rings is 1. The van der Waals surface area contributed by atoms with E-state index in [-0.39, 0.29) is 17.3 Å². The molecule has 0 atom stereocenters. The van der Waals surface area contributed by atoms with Crippen LogP contribution < -0.4 is 15.8 Å². The number of H-pyrrole nitrogens is 1. The number of piperazine rings is 1. The van der Waals surface area contributed by atoms with E-state index in [1.54, 1.807) is 12.1 Å². The molecule has 8 heteroatoms. The molecule has 33 heavy (non-hydrogen) atoms. The van der Waals surface area contributed by atoms with Gasteiger partial charge < -0.3 is 15.2 Å². The van der Waals surface area contributed by atoms with Crippen LogP contribution in [-0.2, 0) is 0 Å². The number of carbonyl (C=O) groups excluding carboxylic acids is 1. The molecule has 0 radical (unpaired) electrons. The molecule has 5 rings (SSSR count). The Balaban J connectivity index is 1.20. The van der Waals surface area contributed by atoms with Crippen molar-refractivity contribution in [2.75, 3.05) is 44.2 Å². The molecule has 0 unspecified atom stereocenters. The molecule has 1 aliphatic heterocycles. The van der Waals surface area contributed by atoms with Crippen molar-refractivity contribution in [3.63, 3.8) is 0 Å². The number of nitrogens with zero attached hydrogens (tertiary/aromatic N) is 2. The minimum absolute atomic E-state index is 0.165. The molecule has 2 N–H and O–H groups in total. The van der Waals surface area contributed by atoms with Crippen molar-refractivity contribution < 1.29 is 9.18 Å². The number of rotatable bonds is 5. The van der Waals surface area contributed by atoms with Crippen LogP contribution in [-0.4, -0.2) is 55.1 Å². The summed E-state index contributed by atoms with van der Waals surface area (Å²) in [5.41, 5.74) is 2.35. The number of pyridine rings is 1. The van der Waals surface area contributed by atoms with Crippen molar-refractivity contribution in [2.45, 2.75) is 6.92 Å². The first kappa shape index (κ1) is 21.6. The second-order valence-corrected chi connectivity index (χ2v) is 9.44. The number of nitrogens with one attached hydrogen (secondary N) is 2. The third kappa shape index (κ3) is 4.36. The van der Waals surface area contributed by atoms with Gasteiger partial charge in [0.15, 0.2) is 0 Å². The van der Waals surface area contributed by atoms with Gasteiger partial charge in [0.2, 0.25) is 0 Å². The summed E-state index contributed by atoms with van der Waals surface area (Å²) < 4.78 is 14.8. The van der Waals surface area contributed by atoms with E-state index in [4.69, 9.17) is 0 Å². The van der Waals surface area contributed by atoms with Gasteiger partial charge in [0.25, 0.3) is 11.5 Å². The maximum Gasteiger partial charge on any atom is 0.261 e. The van der Waals surface area contributed by atoms with Crippen molar-refractivity contribution in [3.05, 3.63) is 75.1 Å². The Morgan fingerprint density at radius 3 is 2.67 bits per heavy atom. The number of halogens is 1. The Morgan fingerprint density at radius 2 is 1.88 bits per heavy atom. The number of hydrogen-bond acceptors (Lipinski definition) is 5. The van der Waals surface area contributed by atoms with Crippen LogP contribution in [0.25, 0.3) is 21.0 Å². The minimum Gasteiger partial charge on any atom is -0.367 e. The Bertz CT molecular complexity index is 1390. The van der Waals surface area contributed by atoms with Crippen molar-refractivity contribution in [3.8, 4) is 0 Å². The average molecular weight is 465 g/mol. The second-order valence-electron chi connectivity index (χ2n) is 8.39. The van der Waals surface area contributed by atoms with Gasteiger partial charge in [-0.3, -0.25) is 14.5 Å². The van der Waals surface area contributed by atoms with Gasteiger partial charge in [0.05, 0.1) is 16.0 Å². The van der Waals surface area contributed by atoms with E-state index in [2.05, 4.69) is 20.1 Å². The zero-order valence-corrected chi connectivity index (χ0v) is 19.2. The molecule has 0 aliphatic carbocycles. The molecule has 1 saturated heterocycles. The standard InChI is InChI=1S/C25H25FN4O2S/c1-16-6-7-20-17(14-16)23-18(24(31)28-20)15-22(33-23)25(32)27-8-9-29-10-12-30(13-11-29)21-5-3-2-4-19(21)26/h2-7,14-15H,8-13H2,1H3,(H,27,32)(H,28,31). The van der Waals surface area contributed by atoms with Gasteiger partial charge in [0.1, 0.15) is 5.82 Å². The van der Waals surface area contributed by atoms with Gasteiger partial charge in [-0.25, -0.2) is 4.39 Å². The van der Waals surface area contributed by atoms with Gasteiger partial charge in [-0.15, -0.1) is 11.3 Å². The van der Waals surface area contributed by atoms with E-state index in [1.165, 1.54) is 17.4 Å². The summed E-state index contributed by atoms with van der Waals surface area (Å²) >= 11 is 1.36. The van der Waals surface area contributed by atoms with E-state index >= 15 is 0 Å². The van der Waals surface area contributed by atoms with Crippen molar-refractivity contribution in [2.24, 2.45) is 0 Å². The summed E-state index contributed by atoms with van der Waals surface area (Å²) in [6, 6.07) is 14.4. The summed E-state index contributed by atoms with van der Waals surface area (Å²) in [5.74, 6) is -0.357. The number of carbonyl (C=O) groups is 1. The first-order chi connectivity index (χ1) is 16.0. The van der Waals surface area contributed by atoms with Crippen LogP contribution in [0.5, 0.6) is 0 Å². The Morgan fingerprint density at radius 1 is 1.09 bits per heavy atom. The second kappa shape index (κ2) is 8.96. The minimum atomic E-state index is -0.191. The van der Waals surface area contributed by atoms with Gasteiger partial charge in [-0.1, -0.05) is 23.8 Å². The number of aryl methyl sites for hydroxylation is 1. The molecule has 1 fully saturated rings. The van der Waals surface area contributed by atoms with E-state index < -0.39 is 0 Å². The lowest BCUT2D eigenvalue weighted by Gasteiger charge is -2.36. The fraction of sp³-hybridized carbons (Fsp3) is 0.280. The molecule has 1 aliphatic rings. The number of hydrogen-bond donors (Lipinski definition) is 2. The average Bonchev–Trinajstić information content (AvgIpc) is 3.27. The molecule has 6 nitrogen and oxygen atoms in total. The molecule has 170 valence electrons. The zero-order chi connectivity index (χ0) is 22.9. The van der Waals surface area contributed by atoms with Gasteiger partial charge in [0, 0.05) is 54.9 Å². The lowest BCUT2D eigenvalue weighted by atomic mass is 10.1. The lowest BCUT2D eigenvalue weighted by Crippen LogP contribution is -2.48. The maximum atomic E-state index is 14.0. The van der Waals surface area contributed by atoms with E-state index in [0.717, 1.165) is 53.9 Å². The van der Waals surface area contributed by atoms with E-state index in [1.807, 2.05) is 37.3 Å². The number of benzene rings is 2. The SMILES string of the molecule is Cc1ccc2[nH]c(=O)c3cc(C(=O)NCCN4CCN(c5ccccc5F)CC4)sc3c2c1. The molecule has 2 aromatic heterocycles. The summed E-state index contributed by atoms with van der Waals surface area (Å²) in [4.78, 5) is 33.0. The largest absolute Gasteiger partial charge is 0.367 e. The van der Waals surface area contributed by atoms with Crippen LogP contribution in [0.3, 0.4) is 0 Å². The first-order valence-corrected chi connectivity index (χ1v) is 11.9. The first-order valence-electron chi connectivity index (χ1n) is 11.1. The highest BCUT2D eigenvalue weighted by Crippen LogP contribution is 2.30. The topological polar surface area (TPSA) is 68.4 Å². The van der Waals surface area contributed by atoms with Crippen LogP contribution in [0.4, 0.5) is 10.1 Å². The molecule has 2 aromatic carbocycles. The van der Waals surface area contributed by atoms with Gasteiger partial charge in [-0.2, -0.15) is 0 Å². The molecule has 0 bridgehead atoms. The van der Waals surface area contributed by atoms with Crippen LogP contribution in [0.1, 0.15) is 15.2 Å². The molecule has 0 spiro atoms. The summed E-state index contributed by atoms with van der Waals surface area (Å²) in [6.07, 6.45) is 0. The van der Waals surface area contributed by atoms with Gasteiger partial charge in [-0.05, 0) is 37.3 Å². The maximum absolute atomic E-state index is 14.0. The van der Waals surface area contributed by atoms with E-state index in [9.17, 15) is 14.0 Å². The zero-order valence-electron chi connectivity index (χ0n) is 18.4.